The van der Waals surface area contributed by atoms with Crippen LogP contribution in [-0.4, -0.2) is 29.2 Å². The summed E-state index contributed by atoms with van der Waals surface area (Å²) in [5, 5.41) is 21.1. The van der Waals surface area contributed by atoms with Crippen molar-refractivity contribution in [2.45, 2.75) is 58.2 Å². The molecule has 3 nitrogen and oxygen atoms in total. The minimum Gasteiger partial charge on any atom is -0.396 e. The molecule has 2 spiro atoms. The number of aliphatic hydroxyl groups excluding tert-OH is 1. The van der Waals surface area contributed by atoms with Gasteiger partial charge in [-0.2, -0.15) is 0 Å². The molecule has 0 aromatic heterocycles. The van der Waals surface area contributed by atoms with E-state index >= 15 is 0 Å². The molecule has 2 aliphatic heterocycles. The second-order valence-electron chi connectivity index (χ2n) is 9.74. The normalized spacial score (nSPS) is 63.0. The smallest absolute Gasteiger partial charge is 0.193 e. The van der Waals surface area contributed by atoms with Gasteiger partial charge in [-0.1, -0.05) is 19.9 Å². The van der Waals surface area contributed by atoms with Crippen LogP contribution in [0.1, 0.15) is 52.4 Å². The SMILES string of the molecule is C[C@@H]1C[C@]23CC[C@H]4C(C)(CO)[C@@]5(O)C=C[C@]4(CO5)[C@H]2CC[C@@H]1C3. The Labute approximate surface area is 139 Å². The lowest BCUT2D eigenvalue weighted by molar-refractivity contribution is -0.347. The number of fused-ring (bicyclic) bond motifs is 2. The first-order valence-electron chi connectivity index (χ1n) is 9.57. The van der Waals surface area contributed by atoms with Crippen LogP contribution < -0.4 is 0 Å². The van der Waals surface area contributed by atoms with Gasteiger partial charge in [0.15, 0.2) is 5.79 Å². The first-order valence-corrected chi connectivity index (χ1v) is 9.57. The number of ether oxygens (including phenoxy) is 1. The topological polar surface area (TPSA) is 49.7 Å². The highest BCUT2D eigenvalue weighted by atomic mass is 16.6. The average Bonchev–Trinajstić information content (AvgIpc) is 2.78. The Morgan fingerprint density at radius 2 is 1.96 bits per heavy atom. The first-order chi connectivity index (χ1) is 10.9. The fourth-order valence-electron chi connectivity index (χ4n) is 7.91. The lowest BCUT2D eigenvalue weighted by atomic mass is 9.40. The molecule has 8 atom stereocenters. The Hall–Kier alpha value is -0.380. The second kappa shape index (κ2) is 4.23. The summed E-state index contributed by atoms with van der Waals surface area (Å²) in [6, 6.07) is 0. The molecule has 1 unspecified atom stereocenters. The zero-order valence-corrected chi connectivity index (χ0v) is 14.4. The maximum atomic E-state index is 11.0. The minimum atomic E-state index is -1.28. The molecule has 0 aromatic carbocycles. The largest absolute Gasteiger partial charge is 0.396 e. The molecule has 3 heteroatoms. The first kappa shape index (κ1) is 14.9. The molecule has 4 bridgehead atoms. The molecule has 4 fully saturated rings. The summed E-state index contributed by atoms with van der Waals surface area (Å²) >= 11 is 0. The van der Waals surface area contributed by atoms with E-state index in [4.69, 9.17) is 4.74 Å². The minimum absolute atomic E-state index is 0.000988. The van der Waals surface area contributed by atoms with E-state index in [1.807, 2.05) is 13.0 Å². The van der Waals surface area contributed by atoms with Gasteiger partial charge < -0.3 is 14.9 Å². The highest BCUT2D eigenvalue weighted by Gasteiger charge is 2.71. The van der Waals surface area contributed by atoms with Crippen LogP contribution >= 0.6 is 0 Å². The van der Waals surface area contributed by atoms with Gasteiger partial charge in [0.2, 0.25) is 0 Å². The van der Waals surface area contributed by atoms with Crippen LogP contribution in [0.4, 0.5) is 0 Å². The van der Waals surface area contributed by atoms with Gasteiger partial charge in [0.1, 0.15) is 0 Å². The maximum Gasteiger partial charge on any atom is 0.193 e. The highest BCUT2D eigenvalue weighted by Crippen LogP contribution is 2.73. The van der Waals surface area contributed by atoms with E-state index in [0.717, 1.165) is 18.3 Å². The van der Waals surface area contributed by atoms with Crippen LogP contribution in [0.3, 0.4) is 0 Å². The Balaban J connectivity index is 1.64. The van der Waals surface area contributed by atoms with Gasteiger partial charge in [0, 0.05) is 5.41 Å². The van der Waals surface area contributed by atoms with Crippen molar-refractivity contribution in [3.05, 3.63) is 12.2 Å². The van der Waals surface area contributed by atoms with Gasteiger partial charge in [0.25, 0.3) is 0 Å². The molecule has 128 valence electrons. The molecule has 4 aliphatic carbocycles. The van der Waals surface area contributed by atoms with Gasteiger partial charge >= 0.3 is 0 Å². The van der Waals surface area contributed by atoms with E-state index in [1.54, 1.807) is 0 Å². The van der Waals surface area contributed by atoms with Crippen LogP contribution in [0.25, 0.3) is 0 Å². The summed E-state index contributed by atoms with van der Waals surface area (Å²) in [4.78, 5) is 0. The molecule has 6 rings (SSSR count). The van der Waals surface area contributed by atoms with E-state index in [9.17, 15) is 10.2 Å². The van der Waals surface area contributed by atoms with Gasteiger partial charge in [0.05, 0.1) is 18.6 Å². The third-order valence-corrected chi connectivity index (χ3v) is 9.07. The molecule has 3 saturated carbocycles. The zero-order chi connectivity index (χ0) is 16.1. The monoisotopic (exact) mass is 318 g/mol. The number of hydrogen-bond acceptors (Lipinski definition) is 3. The lowest BCUT2D eigenvalue weighted by Gasteiger charge is -2.69. The lowest BCUT2D eigenvalue weighted by Crippen LogP contribution is -2.71. The van der Waals surface area contributed by atoms with Crippen molar-refractivity contribution in [1.82, 2.24) is 0 Å². The van der Waals surface area contributed by atoms with Crippen molar-refractivity contribution in [2.75, 3.05) is 13.2 Å². The maximum absolute atomic E-state index is 11.0. The molecule has 1 saturated heterocycles. The summed E-state index contributed by atoms with van der Waals surface area (Å²) in [6.45, 7) is 5.14. The van der Waals surface area contributed by atoms with Gasteiger partial charge in [-0.15, -0.1) is 0 Å². The Kier molecular flexibility index (Phi) is 2.74. The summed E-state index contributed by atoms with van der Waals surface area (Å²) in [6.07, 6.45) is 12.1. The molecule has 6 aliphatic rings. The van der Waals surface area contributed by atoms with Crippen molar-refractivity contribution in [1.29, 1.82) is 0 Å². The van der Waals surface area contributed by atoms with E-state index in [1.165, 1.54) is 32.1 Å². The predicted octanol–water partition coefficient (Wildman–Crippen LogP) is 3.11. The molecule has 23 heavy (non-hydrogen) atoms. The molecular weight excluding hydrogens is 288 g/mol. The molecular formula is C20H30O3. The number of aliphatic hydroxyl groups is 2. The van der Waals surface area contributed by atoms with Crippen LogP contribution in [0.15, 0.2) is 12.2 Å². The predicted molar refractivity (Wildman–Crippen MR) is 87.4 cm³/mol. The molecule has 2 heterocycles. The summed E-state index contributed by atoms with van der Waals surface area (Å²) in [7, 11) is 0. The highest BCUT2D eigenvalue weighted by molar-refractivity contribution is 5.29. The number of rotatable bonds is 1. The fraction of sp³-hybridized carbons (Fsp3) is 0.900. The Bertz CT molecular complexity index is 569. The van der Waals surface area contributed by atoms with E-state index in [2.05, 4.69) is 13.0 Å². The standard InChI is InChI=1S/C20H30O3/c1-13-9-18-6-5-15-17(2,11-21)20(22)8-7-19(15,12-23-20)16(18)4-3-14(13)10-18/h7-8,13-16,21-22H,3-6,9-12H2,1-2H3/t13-,14-,15+,16+,17?,18+,19-,20-/m1/s1. The Morgan fingerprint density at radius 3 is 2.65 bits per heavy atom. The van der Waals surface area contributed by atoms with Crippen LogP contribution in [0, 0.1) is 39.9 Å². The average molecular weight is 318 g/mol. The van der Waals surface area contributed by atoms with Crippen molar-refractivity contribution in [2.24, 2.45) is 39.9 Å². The number of hydrogen-bond donors (Lipinski definition) is 2. The van der Waals surface area contributed by atoms with Crippen molar-refractivity contribution in [3.63, 3.8) is 0 Å². The second-order valence-corrected chi connectivity index (χ2v) is 9.74. The molecule has 2 N–H and O–H groups in total. The van der Waals surface area contributed by atoms with Gasteiger partial charge in [-0.25, -0.2) is 0 Å². The Morgan fingerprint density at radius 1 is 1.13 bits per heavy atom. The fourth-order valence-corrected chi connectivity index (χ4v) is 7.91. The van der Waals surface area contributed by atoms with Crippen LogP contribution in [0.2, 0.25) is 0 Å². The van der Waals surface area contributed by atoms with Crippen LogP contribution in [-0.2, 0) is 4.74 Å². The van der Waals surface area contributed by atoms with Gasteiger partial charge in [-0.05, 0) is 73.7 Å². The van der Waals surface area contributed by atoms with Crippen molar-refractivity contribution >= 4 is 0 Å². The van der Waals surface area contributed by atoms with Crippen molar-refractivity contribution in [3.8, 4) is 0 Å². The third-order valence-electron chi connectivity index (χ3n) is 9.07. The van der Waals surface area contributed by atoms with E-state index < -0.39 is 11.2 Å². The quantitative estimate of drug-likeness (QED) is 0.730. The zero-order valence-electron chi connectivity index (χ0n) is 14.4. The summed E-state index contributed by atoms with van der Waals surface area (Å²) in [5.74, 6) is 1.52. The molecule has 0 amide bonds. The van der Waals surface area contributed by atoms with Gasteiger partial charge in [-0.3, -0.25) is 0 Å². The summed E-state index contributed by atoms with van der Waals surface area (Å²) < 4.78 is 6.02. The van der Waals surface area contributed by atoms with Crippen molar-refractivity contribution < 1.29 is 14.9 Å². The molecule has 0 radical (unpaired) electrons. The molecule has 0 aromatic rings. The van der Waals surface area contributed by atoms with Crippen LogP contribution in [0.5, 0.6) is 0 Å². The summed E-state index contributed by atoms with van der Waals surface area (Å²) in [5.41, 5.74) is -0.0341. The van der Waals surface area contributed by atoms with E-state index in [0.29, 0.717) is 23.9 Å². The van der Waals surface area contributed by atoms with E-state index in [-0.39, 0.29) is 12.0 Å². The third kappa shape index (κ3) is 1.49.